The van der Waals surface area contributed by atoms with Gasteiger partial charge in [-0.25, -0.2) is 9.66 Å². The molecule has 0 spiro atoms. The summed E-state index contributed by atoms with van der Waals surface area (Å²) in [5, 5.41) is 0.991. The van der Waals surface area contributed by atoms with E-state index in [-0.39, 0.29) is 5.56 Å². The van der Waals surface area contributed by atoms with Gasteiger partial charge in [0.25, 0.3) is 5.56 Å². The Hall–Kier alpha value is -1.84. The SMILES string of the molecule is CCc1cc2cccnc2n(NCC(C)C)c1=O. The fraction of sp³-hybridized carbons (Fsp3) is 0.429. The van der Waals surface area contributed by atoms with Crippen LogP contribution in [0.25, 0.3) is 11.0 Å². The quantitative estimate of drug-likeness (QED) is 0.898. The van der Waals surface area contributed by atoms with E-state index in [0.717, 1.165) is 23.9 Å². The fourth-order valence-electron chi connectivity index (χ4n) is 1.87. The molecule has 0 aliphatic heterocycles. The van der Waals surface area contributed by atoms with Gasteiger partial charge >= 0.3 is 0 Å². The Morgan fingerprint density at radius 1 is 1.44 bits per heavy atom. The Morgan fingerprint density at radius 3 is 2.89 bits per heavy atom. The summed E-state index contributed by atoms with van der Waals surface area (Å²) in [5.41, 5.74) is 4.68. The number of hydrogen-bond acceptors (Lipinski definition) is 3. The molecular weight excluding hydrogens is 226 g/mol. The van der Waals surface area contributed by atoms with Crippen LogP contribution in [0.4, 0.5) is 0 Å². The molecule has 0 unspecified atom stereocenters. The average Bonchev–Trinajstić information content (AvgIpc) is 2.36. The van der Waals surface area contributed by atoms with E-state index in [0.29, 0.717) is 11.6 Å². The molecule has 0 fully saturated rings. The highest BCUT2D eigenvalue weighted by Gasteiger charge is 2.08. The zero-order valence-electron chi connectivity index (χ0n) is 11.1. The molecule has 1 N–H and O–H groups in total. The lowest BCUT2D eigenvalue weighted by Crippen LogP contribution is -2.33. The normalized spacial score (nSPS) is 11.1. The Balaban J connectivity index is 2.59. The molecule has 0 atom stereocenters. The number of pyridine rings is 2. The van der Waals surface area contributed by atoms with Crippen LogP contribution < -0.4 is 11.0 Å². The summed E-state index contributed by atoms with van der Waals surface area (Å²) in [6, 6.07) is 5.80. The van der Waals surface area contributed by atoms with Crippen LogP contribution in [0.1, 0.15) is 26.3 Å². The van der Waals surface area contributed by atoms with Crippen molar-refractivity contribution in [2.24, 2.45) is 5.92 Å². The maximum absolute atomic E-state index is 12.3. The molecule has 0 bridgehead atoms. The van der Waals surface area contributed by atoms with E-state index in [1.54, 1.807) is 10.9 Å². The van der Waals surface area contributed by atoms with E-state index >= 15 is 0 Å². The minimum absolute atomic E-state index is 0.00403. The molecule has 0 saturated heterocycles. The first-order valence-electron chi connectivity index (χ1n) is 6.37. The van der Waals surface area contributed by atoms with Crippen molar-refractivity contribution in [2.45, 2.75) is 27.2 Å². The van der Waals surface area contributed by atoms with Gasteiger partial charge in [0, 0.05) is 23.7 Å². The summed E-state index contributed by atoms with van der Waals surface area (Å²) >= 11 is 0. The molecular formula is C14H19N3O. The fourth-order valence-corrected chi connectivity index (χ4v) is 1.87. The van der Waals surface area contributed by atoms with Gasteiger partial charge in [-0.3, -0.25) is 4.79 Å². The molecule has 0 aliphatic carbocycles. The lowest BCUT2D eigenvalue weighted by molar-refractivity contribution is 0.637. The van der Waals surface area contributed by atoms with E-state index in [1.165, 1.54) is 0 Å². The molecule has 0 radical (unpaired) electrons. The van der Waals surface area contributed by atoms with Crippen LogP contribution in [0.15, 0.2) is 29.2 Å². The van der Waals surface area contributed by atoms with Crippen molar-refractivity contribution in [3.8, 4) is 0 Å². The zero-order chi connectivity index (χ0) is 13.1. The minimum atomic E-state index is 0.00403. The molecule has 2 rings (SSSR count). The number of nitrogens with zero attached hydrogens (tertiary/aromatic N) is 2. The van der Waals surface area contributed by atoms with Crippen molar-refractivity contribution in [3.63, 3.8) is 0 Å². The summed E-state index contributed by atoms with van der Waals surface area (Å²) in [6.07, 6.45) is 2.44. The number of fused-ring (bicyclic) bond motifs is 1. The molecule has 18 heavy (non-hydrogen) atoms. The van der Waals surface area contributed by atoms with Crippen molar-refractivity contribution in [2.75, 3.05) is 12.0 Å². The smallest absolute Gasteiger partial charge is 0.273 e. The summed E-state index contributed by atoms with van der Waals surface area (Å²) in [7, 11) is 0. The lowest BCUT2D eigenvalue weighted by Gasteiger charge is -2.14. The Morgan fingerprint density at radius 2 is 2.22 bits per heavy atom. The van der Waals surface area contributed by atoms with Gasteiger partial charge in [0.1, 0.15) is 0 Å². The van der Waals surface area contributed by atoms with Crippen molar-refractivity contribution in [1.82, 2.24) is 9.66 Å². The van der Waals surface area contributed by atoms with Crippen LogP contribution in [-0.2, 0) is 6.42 Å². The van der Waals surface area contributed by atoms with Crippen LogP contribution in [0.5, 0.6) is 0 Å². The number of nitrogens with one attached hydrogen (secondary N) is 1. The first-order valence-corrected chi connectivity index (χ1v) is 6.37. The van der Waals surface area contributed by atoms with E-state index in [9.17, 15) is 4.79 Å². The Kier molecular flexibility index (Phi) is 3.65. The first-order chi connectivity index (χ1) is 8.63. The number of aryl methyl sites for hydroxylation is 1. The first kappa shape index (κ1) is 12.6. The molecule has 2 aromatic heterocycles. The van der Waals surface area contributed by atoms with Crippen molar-refractivity contribution < 1.29 is 0 Å². The third kappa shape index (κ3) is 2.37. The summed E-state index contributed by atoms with van der Waals surface area (Å²) in [5.74, 6) is 0.473. The third-order valence-electron chi connectivity index (χ3n) is 2.87. The Labute approximate surface area is 107 Å². The maximum Gasteiger partial charge on any atom is 0.273 e. The lowest BCUT2D eigenvalue weighted by atomic mass is 10.1. The van der Waals surface area contributed by atoms with Crippen LogP contribution in [0.2, 0.25) is 0 Å². The van der Waals surface area contributed by atoms with Crippen LogP contribution in [0.3, 0.4) is 0 Å². The monoisotopic (exact) mass is 245 g/mol. The van der Waals surface area contributed by atoms with E-state index in [2.05, 4.69) is 24.3 Å². The van der Waals surface area contributed by atoms with Crippen molar-refractivity contribution in [1.29, 1.82) is 0 Å². The van der Waals surface area contributed by atoms with E-state index < -0.39 is 0 Å². The highest BCUT2D eigenvalue weighted by Crippen LogP contribution is 2.10. The number of rotatable bonds is 4. The van der Waals surface area contributed by atoms with E-state index in [1.807, 2.05) is 25.1 Å². The van der Waals surface area contributed by atoms with Gasteiger partial charge in [-0.15, -0.1) is 0 Å². The summed E-state index contributed by atoms with van der Waals surface area (Å²) < 4.78 is 1.58. The standard InChI is InChI=1S/C14H19N3O/c1-4-11-8-12-6-5-7-15-13(12)17(14(11)18)16-9-10(2)3/h5-8,10,16H,4,9H2,1-3H3. The van der Waals surface area contributed by atoms with Gasteiger partial charge in [-0.1, -0.05) is 20.8 Å². The van der Waals surface area contributed by atoms with Crippen molar-refractivity contribution in [3.05, 3.63) is 40.3 Å². The summed E-state index contributed by atoms with van der Waals surface area (Å²) in [4.78, 5) is 16.6. The largest absolute Gasteiger partial charge is 0.321 e. The third-order valence-corrected chi connectivity index (χ3v) is 2.87. The summed E-state index contributed by atoms with van der Waals surface area (Å²) in [6.45, 7) is 6.96. The average molecular weight is 245 g/mol. The number of aromatic nitrogens is 2. The number of hydrogen-bond donors (Lipinski definition) is 1. The van der Waals surface area contributed by atoms with Gasteiger partial charge in [0.2, 0.25) is 0 Å². The topological polar surface area (TPSA) is 46.9 Å². The predicted molar refractivity (Wildman–Crippen MR) is 74.4 cm³/mol. The van der Waals surface area contributed by atoms with Gasteiger partial charge in [0.05, 0.1) is 0 Å². The molecule has 2 heterocycles. The van der Waals surface area contributed by atoms with Gasteiger partial charge in [-0.05, 0) is 30.5 Å². The predicted octanol–water partition coefficient (Wildman–Crippen LogP) is 2.16. The van der Waals surface area contributed by atoms with Crippen LogP contribution in [-0.4, -0.2) is 16.2 Å². The highest BCUT2D eigenvalue weighted by atomic mass is 16.1. The molecule has 0 amide bonds. The second kappa shape index (κ2) is 5.21. The molecule has 4 heteroatoms. The molecule has 96 valence electrons. The molecule has 4 nitrogen and oxygen atoms in total. The molecule has 0 saturated carbocycles. The zero-order valence-corrected chi connectivity index (χ0v) is 11.1. The second-order valence-electron chi connectivity index (χ2n) is 4.84. The van der Waals surface area contributed by atoms with Crippen LogP contribution in [0, 0.1) is 5.92 Å². The second-order valence-corrected chi connectivity index (χ2v) is 4.84. The van der Waals surface area contributed by atoms with Gasteiger partial charge < -0.3 is 5.43 Å². The van der Waals surface area contributed by atoms with Gasteiger partial charge in [0.15, 0.2) is 5.65 Å². The Bertz CT molecular complexity index is 602. The maximum atomic E-state index is 12.3. The van der Waals surface area contributed by atoms with Crippen molar-refractivity contribution >= 4 is 11.0 Å². The molecule has 0 aromatic carbocycles. The minimum Gasteiger partial charge on any atom is -0.321 e. The molecule has 2 aromatic rings. The van der Waals surface area contributed by atoms with E-state index in [4.69, 9.17) is 0 Å². The van der Waals surface area contributed by atoms with Crippen LogP contribution >= 0.6 is 0 Å². The highest BCUT2D eigenvalue weighted by molar-refractivity contribution is 5.75. The van der Waals surface area contributed by atoms with Gasteiger partial charge in [-0.2, -0.15) is 0 Å². The molecule has 0 aliphatic rings.